The van der Waals surface area contributed by atoms with Gasteiger partial charge in [-0.25, -0.2) is 4.98 Å². The van der Waals surface area contributed by atoms with Crippen molar-refractivity contribution in [3.8, 4) is 0 Å². The van der Waals surface area contributed by atoms with E-state index in [0.717, 1.165) is 24.0 Å². The summed E-state index contributed by atoms with van der Waals surface area (Å²) in [7, 11) is 0. The summed E-state index contributed by atoms with van der Waals surface area (Å²) >= 11 is 0. The van der Waals surface area contributed by atoms with Crippen LogP contribution in [0.3, 0.4) is 0 Å². The van der Waals surface area contributed by atoms with E-state index in [-0.39, 0.29) is 5.54 Å². The minimum absolute atomic E-state index is 0.142. The first-order valence-electron chi connectivity index (χ1n) is 5.73. The molecular formula is C11H17F2N3O. The zero-order chi connectivity index (χ0) is 12.3. The van der Waals surface area contributed by atoms with Gasteiger partial charge in [0, 0.05) is 24.5 Å². The van der Waals surface area contributed by atoms with Crippen molar-refractivity contribution in [2.75, 3.05) is 13.2 Å². The van der Waals surface area contributed by atoms with E-state index in [4.69, 9.17) is 4.74 Å². The van der Waals surface area contributed by atoms with Gasteiger partial charge in [-0.15, -0.1) is 0 Å². The van der Waals surface area contributed by atoms with Crippen LogP contribution in [0.4, 0.5) is 8.78 Å². The fourth-order valence-electron chi connectivity index (χ4n) is 2.02. The zero-order valence-corrected chi connectivity index (χ0v) is 9.83. The number of nitrogens with one attached hydrogen (secondary N) is 1. The Morgan fingerprint density at radius 2 is 2.47 bits per heavy atom. The number of imidazole rings is 1. The van der Waals surface area contributed by atoms with E-state index >= 15 is 0 Å². The van der Waals surface area contributed by atoms with Crippen LogP contribution in [0.5, 0.6) is 0 Å². The lowest BCUT2D eigenvalue weighted by Gasteiger charge is -2.34. The molecule has 0 amide bonds. The molecule has 6 heteroatoms. The molecule has 4 nitrogen and oxygen atoms in total. The quantitative estimate of drug-likeness (QED) is 0.881. The second-order valence-corrected chi connectivity index (χ2v) is 4.60. The predicted octanol–water partition coefficient (Wildman–Crippen LogP) is 1.94. The predicted molar refractivity (Wildman–Crippen MR) is 58.8 cm³/mol. The molecule has 0 aliphatic carbocycles. The number of alkyl halides is 2. The van der Waals surface area contributed by atoms with Gasteiger partial charge in [0.2, 0.25) is 0 Å². The molecule has 1 atom stereocenters. The molecule has 1 fully saturated rings. The molecule has 0 saturated carbocycles. The second kappa shape index (κ2) is 5.10. The van der Waals surface area contributed by atoms with Gasteiger partial charge in [-0.05, 0) is 19.8 Å². The van der Waals surface area contributed by atoms with Crippen molar-refractivity contribution >= 4 is 0 Å². The van der Waals surface area contributed by atoms with Crippen LogP contribution in [-0.2, 0) is 11.3 Å². The maximum Gasteiger partial charge on any atom is 0.319 e. The van der Waals surface area contributed by atoms with E-state index in [1.165, 1.54) is 12.4 Å². The number of hydrogen-bond donors (Lipinski definition) is 1. The van der Waals surface area contributed by atoms with Gasteiger partial charge in [-0.1, -0.05) is 0 Å². The van der Waals surface area contributed by atoms with E-state index in [0.29, 0.717) is 19.0 Å². The topological polar surface area (TPSA) is 39.1 Å². The van der Waals surface area contributed by atoms with Gasteiger partial charge in [0.1, 0.15) is 5.82 Å². The first-order chi connectivity index (χ1) is 8.11. The van der Waals surface area contributed by atoms with Gasteiger partial charge in [0.25, 0.3) is 0 Å². The van der Waals surface area contributed by atoms with E-state index in [2.05, 4.69) is 10.3 Å². The number of aromatic nitrogens is 2. The molecule has 0 radical (unpaired) electrons. The Hall–Kier alpha value is -1.01. The average molecular weight is 245 g/mol. The molecule has 2 rings (SSSR count). The largest absolute Gasteiger partial charge is 0.380 e. The Morgan fingerprint density at radius 1 is 1.65 bits per heavy atom. The van der Waals surface area contributed by atoms with Crippen molar-refractivity contribution in [1.29, 1.82) is 0 Å². The SMILES string of the molecule is CC1(NCc2nccn2C(F)F)CCCOC1. The molecule has 1 aromatic rings. The van der Waals surface area contributed by atoms with Crippen molar-refractivity contribution in [2.45, 2.75) is 38.4 Å². The molecule has 1 aromatic heterocycles. The summed E-state index contributed by atoms with van der Waals surface area (Å²) in [5.41, 5.74) is -0.142. The van der Waals surface area contributed by atoms with Gasteiger partial charge in [0.15, 0.2) is 0 Å². The third-order valence-corrected chi connectivity index (χ3v) is 3.07. The normalized spacial score (nSPS) is 25.4. The van der Waals surface area contributed by atoms with Crippen LogP contribution >= 0.6 is 0 Å². The van der Waals surface area contributed by atoms with Crippen molar-refractivity contribution < 1.29 is 13.5 Å². The van der Waals surface area contributed by atoms with Gasteiger partial charge in [0.05, 0.1) is 13.2 Å². The van der Waals surface area contributed by atoms with Crippen molar-refractivity contribution in [3.05, 3.63) is 18.2 Å². The van der Waals surface area contributed by atoms with E-state index < -0.39 is 6.55 Å². The van der Waals surface area contributed by atoms with Gasteiger partial charge < -0.3 is 10.1 Å². The summed E-state index contributed by atoms with van der Waals surface area (Å²) in [6.45, 7) is 1.23. The molecule has 2 heterocycles. The van der Waals surface area contributed by atoms with Crippen LogP contribution in [0.2, 0.25) is 0 Å². The zero-order valence-electron chi connectivity index (χ0n) is 9.83. The molecule has 1 unspecified atom stereocenters. The monoisotopic (exact) mass is 245 g/mol. The Kier molecular flexibility index (Phi) is 3.73. The van der Waals surface area contributed by atoms with Crippen LogP contribution in [0.15, 0.2) is 12.4 Å². The number of hydrogen-bond acceptors (Lipinski definition) is 3. The summed E-state index contributed by atoms with van der Waals surface area (Å²) in [6.07, 6.45) is 4.67. The minimum Gasteiger partial charge on any atom is -0.380 e. The Balaban J connectivity index is 1.94. The maximum atomic E-state index is 12.6. The van der Waals surface area contributed by atoms with E-state index in [1.54, 1.807) is 0 Å². The highest BCUT2D eigenvalue weighted by atomic mass is 19.3. The lowest BCUT2D eigenvalue weighted by Crippen LogP contribution is -2.48. The van der Waals surface area contributed by atoms with Crippen LogP contribution in [-0.4, -0.2) is 28.3 Å². The molecule has 0 bridgehead atoms. The minimum atomic E-state index is -2.54. The summed E-state index contributed by atoms with van der Waals surface area (Å²) in [6, 6.07) is 0. The van der Waals surface area contributed by atoms with Crippen LogP contribution < -0.4 is 5.32 Å². The molecule has 0 spiro atoms. The van der Waals surface area contributed by atoms with Crippen LogP contribution in [0.25, 0.3) is 0 Å². The highest BCUT2D eigenvalue weighted by molar-refractivity contribution is 4.95. The molecule has 1 aliphatic heterocycles. The van der Waals surface area contributed by atoms with E-state index in [9.17, 15) is 8.78 Å². The summed E-state index contributed by atoms with van der Waals surface area (Å²) in [5.74, 6) is 0.354. The van der Waals surface area contributed by atoms with Crippen LogP contribution in [0.1, 0.15) is 32.1 Å². The highest BCUT2D eigenvalue weighted by Gasteiger charge is 2.27. The fraction of sp³-hybridized carbons (Fsp3) is 0.727. The van der Waals surface area contributed by atoms with Crippen molar-refractivity contribution in [1.82, 2.24) is 14.9 Å². The second-order valence-electron chi connectivity index (χ2n) is 4.60. The maximum absolute atomic E-state index is 12.6. The van der Waals surface area contributed by atoms with Gasteiger partial charge in [-0.2, -0.15) is 8.78 Å². The third-order valence-electron chi connectivity index (χ3n) is 3.07. The number of nitrogens with zero attached hydrogens (tertiary/aromatic N) is 2. The molecule has 1 N–H and O–H groups in total. The number of ether oxygens (including phenoxy) is 1. The first-order valence-corrected chi connectivity index (χ1v) is 5.73. The summed E-state index contributed by atoms with van der Waals surface area (Å²) < 4.78 is 31.5. The number of rotatable bonds is 4. The Labute approximate surface area is 99.0 Å². The van der Waals surface area contributed by atoms with E-state index in [1.807, 2.05) is 6.92 Å². The summed E-state index contributed by atoms with van der Waals surface area (Å²) in [5, 5.41) is 3.25. The molecule has 0 aromatic carbocycles. The van der Waals surface area contributed by atoms with Crippen molar-refractivity contribution in [3.63, 3.8) is 0 Å². The lowest BCUT2D eigenvalue weighted by atomic mass is 9.95. The standard InChI is InChI=1S/C11H17F2N3O/c1-11(3-2-6-17-8-11)15-7-9-14-4-5-16(9)10(12)13/h4-5,10,15H,2-3,6-8H2,1H3. The average Bonchev–Trinajstić information content (AvgIpc) is 2.76. The Bertz CT molecular complexity index is 361. The summed E-state index contributed by atoms with van der Waals surface area (Å²) in [4.78, 5) is 3.93. The molecule has 96 valence electrons. The smallest absolute Gasteiger partial charge is 0.319 e. The molecule has 1 aliphatic rings. The van der Waals surface area contributed by atoms with Crippen LogP contribution in [0, 0.1) is 0 Å². The van der Waals surface area contributed by atoms with Gasteiger partial charge >= 0.3 is 6.55 Å². The van der Waals surface area contributed by atoms with Crippen molar-refractivity contribution in [2.24, 2.45) is 0 Å². The molecule has 1 saturated heterocycles. The molecule has 17 heavy (non-hydrogen) atoms. The number of halogens is 2. The van der Waals surface area contributed by atoms with Gasteiger partial charge in [-0.3, -0.25) is 4.57 Å². The lowest BCUT2D eigenvalue weighted by molar-refractivity contribution is 0.0259. The highest BCUT2D eigenvalue weighted by Crippen LogP contribution is 2.19. The Morgan fingerprint density at radius 3 is 3.12 bits per heavy atom. The third kappa shape index (κ3) is 3.01. The first kappa shape index (κ1) is 12.4. The molecular weight excluding hydrogens is 228 g/mol. The fourth-order valence-corrected chi connectivity index (χ4v) is 2.02.